The Morgan fingerprint density at radius 1 is 1.15 bits per heavy atom. The Balaban J connectivity index is 1.95. The molecule has 2 aromatic carbocycles. The second-order valence-corrected chi connectivity index (χ2v) is 5.87. The first-order chi connectivity index (χ1) is 13.0. The molecule has 3 N–H and O–H groups in total. The number of thiocarbonyl (C=S) groups is 1. The largest absolute Gasteiger partial charge is 0.496 e. The van der Waals surface area contributed by atoms with Gasteiger partial charge in [0, 0.05) is 29.4 Å². The van der Waals surface area contributed by atoms with Gasteiger partial charge < -0.3 is 15.4 Å². The molecule has 0 bridgehead atoms. The van der Waals surface area contributed by atoms with Crippen molar-refractivity contribution in [1.29, 1.82) is 0 Å². The summed E-state index contributed by atoms with van der Waals surface area (Å²) in [5.74, 6) is 0.124. The van der Waals surface area contributed by atoms with Crippen molar-refractivity contribution >= 4 is 40.9 Å². The summed E-state index contributed by atoms with van der Waals surface area (Å²) >= 11 is 5.15. The van der Waals surface area contributed by atoms with Crippen LogP contribution in [0.2, 0.25) is 0 Å². The molecule has 0 saturated heterocycles. The molecule has 0 saturated carbocycles. The second kappa shape index (κ2) is 10.1. The number of hydrogen-bond donors (Lipinski definition) is 3. The molecule has 0 aromatic heterocycles. The molecule has 0 aliphatic rings. The summed E-state index contributed by atoms with van der Waals surface area (Å²) in [7, 11) is 1.57. The van der Waals surface area contributed by atoms with Gasteiger partial charge in [0.15, 0.2) is 5.11 Å². The Morgan fingerprint density at radius 3 is 2.67 bits per heavy atom. The highest BCUT2D eigenvalue weighted by Gasteiger charge is 2.07. The molecule has 0 unspecified atom stereocenters. The third-order valence-corrected chi connectivity index (χ3v) is 3.71. The van der Waals surface area contributed by atoms with E-state index in [0.717, 1.165) is 5.56 Å². The highest BCUT2D eigenvalue weighted by molar-refractivity contribution is 7.80. The Morgan fingerprint density at radius 2 is 1.93 bits per heavy atom. The number of carbonyl (C=O) groups is 2. The van der Waals surface area contributed by atoms with Crippen LogP contribution in [0, 0.1) is 0 Å². The first-order valence-corrected chi connectivity index (χ1v) is 8.75. The number of amides is 2. The first kappa shape index (κ1) is 20.1. The van der Waals surface area contributed by atoms with Gasteiger partial charge in [0.1, 0.15) is 5.75 Å². The molecule has 0 heterocycles. The zero-order valence-corrected chi connectivity index (χ0v) is 15.9. The number of ether oxygens (including phenoxy) is 1. The fraction of sp³-hybridized carbons (Fsp3) is 0.150. The van der Waals surface area contributed by atoms with Crippen LogP contribution < -0.4 is 20.7 Å². The molecule has 6 nitrogen and oxygen atoms in total. The summed E-state index contributed by atoms with van der Waals surface area (Å²) in [5, 5.41) is 8.32. The van der Waals surface area contributed by atoms with Crippen molar-refractivity contribution in [2.24, 2.45) is 0 Å². The van der Waals surface area contributed by atoms with E-state index in [1.165, 1.54) is 6.08 Å². The van der Waals surface area contributed by atoms with Gasteiger partial charge in [-0.25, -0.2) is 0 Å². The summed E-state index contributed by atoms with van der Waals surface area (Å²) in [4.78, 5) is 23.9. The molecular weight excluding hydrogens is 362 g/mol. The molecule has 140 valence electrons. The van der Waals surface area contributed by atoms with Crippen molar-refractivity contribution < 1.29 is 14.3 Å². The predicted octanol–water partition coefficient (Wildman–Crippen LogP) is 2.97. The quantitative estimate of drug-likeness (QED) is 0.528. The second-order valence-electron chi connectivity index (χ2n) is 5.46. The van der Waals surface area contributed by atoms with E-state index in [1.807, 2.05) is 31.2 Å². The fourth-order valence-electron chi connectivity index (χ4n) is 2.29. The van der Waals surface area contributed by atoms with Gasteiger partial charge in [0.25, 0.3) is 5.91 Å². The minimum absolute atomic E-state index is 0.137. The van der Waals surface area contributed by atoms with E-state index in [4.69, 9.17) is 17.0 Å². The molecule has 0 fully saturated rings. The Kier molecular flexibility index (Phi) is 7.51. The lowest BCUT2D eigenvalue weighted by Crippen LogP contribution is -2.33. The maximum Gasteiger partial charge on any atom is 0.251 e. The molecule has 0 aliphatic heterocycles. The van der Waals surface area contributed by atoms with Gasteiger partial charge in [-0.15, -0.1) is 0 Å². The monoisotopic (exact) mass is 383 g/mol. The lowest BCUT2D eigenvalue weighted by atomic mass is 10.2. The number of anilines is 1. The standard InChI is InChI=1S/C20H21N3O3S/c1-3-21-19(25)15-8-6-9-16(13-15)22-20(27)23-18(24)12-11-14-7-4-5-10-17(14)26-2/h4-13H,3H2,1-2H3,(H,21,25)(H2,22,23,24,27)/b12-11+. The minimum atomic E-state index is -0.377. The zero-order valence-electron chi connectivity index (χ0n) is 15.1. The number of para-hydroxylation sites is 1. The molecule has 2 rings (SSSR count). The maximum atomic E-state index is 12.0. The van der Waals surface area contributed by atoms with Crippen molar-refractivity contribution in [3.63, 3.8) is 0 Å². The van der Waals surface area contributed by atoms with E-state index >= 15 is 0 Å². The van der Waals surface area contributed by atoms with Crippen LogP contribution in [-0.4, -0.2) is 30.6 Å². The van der Waals surface area contributed by atoms with Crippen molar-refractivity contribution in [3.8, 4) is 5.75 Å². The summed E-state index contributed by atoms with van der Waals surface area (Å²) in [6.07, 6.45) is 3.02. The molecule has 0 spiro atoms. The molecule has 7 heteroatoms. The van der Waals surface area contributed by atoms with E-state index in [2.05, 4.69) is 16.0 Å². The Bertz CT molecular complexity index is 865. The van der Waals surface area contributed by atoms with Crippen molar-refractivity contribution in [1.82, 2.24) is 10.6 Å². The van der Waals surface area contributed by atoms with Crippen molar-refractivity contribution in [2.45, 2.75) is 6.92 Å². The van der Waals surface area contributed by atoms with Gasteiger partial charge in [-0.2, -0.15) is 0 Å². The van der Waals surface area contributed by atoms with E-state index in [-0.39, 0.29) is 16.9 Å². The zero-order chi connectivity index (χ0) is 19.6. The molecule has 0 atom stereocenters. The number of nitrogens with one attached hydrogen (secondary N) is 3. The van der Waals surface area contributed by atoms with Gasteiger partial charge >= 0.3 is 0 Å². The summed E-state index contributed by atoms with van der Waals surface area (Å²) < 4.78 is 5.23. The van der Waals surface area contributed by atoms with E-state index in [0.29, 0.717) is 23.5 Å². The Labute approximate surface area is 163 Å². The predicted molar refractivity (Wildman–Crippen MR) is 111 cm³/mol. The summed E-state index contributed by atoms with van der Waals surface area (Å²) in [6.45, 7) is 2.40. The maximum absolute atomic E-state index is 12.0. The van der Waals surface area contributed by atoms with Crippen LogP contribution in [0.4, 0.5) is 5.69 Å². The van der Waals surface area contributed by atoms with Crippen molar-refractivity contribution in [3.05, 3.63) is 65.7 Å². The first-order valence-electron chi connectivity index (χ1n) is 8.34. The van der Waals surface area contributed by atoms with Crippen LogP contribution in [0.3, 0.4) is 0 Å². The third-order valence-electron chi connectivity index (χ3n) is 3.51. The van der Waals surface area contributed by atoms with Gasteiger partial charge in [-0.05, 0) is 49.5 Å². The van der Waals surface area contributed by atoms with Gasteiger partial charge in [-0.3, -0.25) is 14.9 Å². The minimum Gasteiger partial charge on any atom is -0.496 e. The van der Waals surface area contributed by atoms with Crippen LogP contribution in [-0.2, 0) is 4.79 Å². The molecule has 2 amide bonds. The van der Waals surface area contributed by atoms with E-state index < -0.39 is 0 Å². The molecule has 0 radical (unpaired) electrons. The van der Waals surface area contributed by atoms with Crippen LogP contribution in [0.1, 0.15) is 22.8 Å². The molecule has 27 heavy (non-hydrogen) atoms. The van der Waals surface area contributed by atoms with Crippen LogP contribution >= 0.6 is 12.2 Å². The van der Waals surface area contributed by atoms with E-state index in [9.17, 15) is 9.59 Å². The van der Waals surface area contributed by atoms with Gasteiger partial charge in [0.2, 0.25) is 5.91 Å². The normalized spacial score (nSPS) is 10.3. The summed E-state index contributed by atoms with van der Waals surface area (Å²) in [5.41, 5.74) is 1.90. The van der Waals surface area contributed by atoms with E-state index in [1.54, 1.807) is 37.5 Å². The third kappa shape index (κ3) is 6.23. The van der Waals surface area contributed by atoms with Crippen LogP contribution in [0.25, 0.3) is 6.08 Å². The lowest BCUT2D eigenvalue weighted by molar-refractivity contribution is -0.115. The summed E-state index contributed by atoms with van der Waals surface area (Å²) in [6, 6.07) is 14.2. The average Bonchev–Trinajstić information content (AvgIpc) is 2.66. The smallest absolute Gasteiger partial charge is 0.251 e. The Hall–Kier alpha value is -3.19. The lowest BCUT2D eigenvalue weighted by Gasteiger charge is -2.10. The number of rotatable bonds is 6. The van der Waals surface area contributed by atoms with Crippen LogP contribution in [0.15, 0.2) is 54.6 Å². The van der Waals surface area contributed by atoms with Gasteiger partial charge in [-0.1, -0.05) is 24.3 Å². The number of benzene rings is 2. The average molecular weight is 383 g/mol. The topological polar surface area (TPSA) is 79.5 Å². The number of carbonyl (C=O) groups excluding carboxylic acids is 2. The van der Waals surface area contributed by atoms with Gasteiger partial charge in [0.05, 0.1) is 7.11 Å². The highest BCUT2D eigenvalue weighted by Crippen LogP contribution is 2.18. The molecule has 2 aromatic rings. The molecular formula is C20H21N3O3S. The number of hydrogen-bond acceptors (Lipinski definition) is 4. The SMILES string of the molecule is CCNC(=O)c1cccc(NC(=S)NC(=O)/C=C/c2ccccc2OC)c1. The van der Waals surface area contributed by atoms with Crippen LogP contribution in [0.5, 0.6) is 5.75 Å². The fourth-order valence-corrected chi connectivity index (χ4v) is 2.50. The van der Waals surface area contributed by atoms with Crippen molar-refractivity contribution in [2.75, 3.05) is 19.0 Å². The number of methoxy groups -OCH3 is 1. The molecule has 0 aliphatic carbocycles. The highest BCUT2D eigenvalue weighted by atomic mass is 32.1.